The third-order valence-corrected chi connectivity index (χ3v) is 1.65. The number of fused-ring (bicyclic) bond motifs is 1. The van der Waals surface area contributed by atoms with Gasteiger partial charge in [0.1, 0.15) is 5.82 Å². The first-order chi connectivity index (χ1) is 6.27. The molecule has 13 heavy (non-hydrogen) atoms. The molecule has 0 fully saturated rings. The van der Waals surface area contributed by atoms with Crippen LogP contribution in [0.5, 0.6) is 0 Å². The number of nitrogens with one attached hydrogen (secondary N) is 1. The van der Waals surface area contributed by atoms with E-state index in [4.69, 9.17) is 5.73 Å². The number of hydrogen-bond donors (Lipinski definition) is 2. The van der Waals surface area contributed by atoms with Crippen molar-refractivity contribution in [1.82, 2.24) is 15.2 Å². The Labute approximate surface area is 77.2 Å². The first-order valence-electron chi connectivity index (χ1n) is 4.33. The third kappa shape index (κ3) is 1.77. The number of pyridine rings is 1. The van der Waals surface area contributed by atoms with Crippen molar-refractivity contribution in [3.8, 4) is 0 Å². The zero-order chi connectivity index (χ0) is 9.84. The highest BCUT2D eigenvalue weighted by Crippen LogP contribution is 2.15. The lowest BCUT2D eigenvalue weighted by Crippen LogP contribution is -1.91. The lowest BCUT2D eigenvalue weighted by atomic mass is 10.2. The van der Waals surface area contributed by atoms with E-state index in [2.05, 4.69) is 15.2 Å². The van der Waals surface area contributed by atoms with Gasteiger partial charge in [0.25, 0.3) is 0 Å². The van der Waals surface area contributed by atoms with Crippen LogP contribution in [0.15, 0.2) is 12.3 Å². The molecule has 0 saturated heterocycles. The zero-order valence-electron chi connectivity index (χ0n) is 8.13. The van der Waals surface area contributed by atoms with E-state index < -0.39 is 0 Å². The highest BCUT2D eigenvalue weighted by molar-refractivity contribution is 5.79. The molecule has 3 N–H and O–H groups in total. The Morgan fingerprint density at radius 1 is 1.38 bits per heavy atom. The van der Waals surface area contributed by atoms with Crippen LogP contribution in [0.1, 0.15) is 19.4 Å². The molecule has 2 heterocycles. The maximum Gasteiger partial charge on any atom is 0.157 e. The van der Waals surface area contributed by atoms with Crippen LogP contribution in [0.4, 0.5) is 5.82 Å². The van der Waals surface area contributed by atoms with Crippen molar-refractivity contribution in [3.05, 3.63) is 17.8 Å². The largest absolute Gasteiger partial charge is 0.384 e. The maximum atomic E-state index is 5.52. The highest BCUT2D eigenvalue weighted by Gasteiger charge is 2.00. The lowest BCUT2D eigenvalue weighted by Gasteiger charge is -1.95. The van der Waals surface area contributed by atoms with Gasteiger partial charge >= 0.3 is 0 Å². The number of aromatic nitrogens is 3. The van der Waals surface area contributed by atoms with E-state index >= 15 is 0 Å². The molecule has 4 nitrogen and oxygen atoms in total. The molecule has 2 aromatic rings. The summed E-state index contributed by atoms with van der Waals surface area (Å²) >= 11 is 0. The van der Waals surface area contributed by atoms with Gasteiger partial charge in [-0.2, -0.15) is 5.10 Å². The summed E-state index contributed by atoms with van der Waals surface area (Å²) in [6.45, 7) is 5.98. The number of nitrogens with zero attached hydrogens (tertiary/aromatic N) is 2. The zero-order valence-corrected chi connectivity index (χ0v) is 8.13. The van der Waals surface area contributed by atoms with Crippen LogP contribution in [0.2, 0.25) is 0 Å². The Hall–Kier alpha value is -1.58. The van der Waals surface area contributed by atoms with Crippen molar-refractivity contribution in [3.63, 3.8) is 0 Å². The van der Waals surface area contributed by atoms with Gasteiger partial charge in [-0.3, -0.25) is 5.10 Å². The van der Waals surface area contributed by atoms with E-state index in [0.717, 1.165) is 16.6 Å². The molecule has 0 spiro atoms. The van der Waals surface area contributed by atoms with Gasteiger partial charge in [-0.05, 0) is 18.6 Å². The summed E-state index contributed by atoms with van der Waals surface area (Å²) in [6, 6.07) is 1.83. The average molecular weight is 178 g/mol. The highest BCUT2D eigenvalue weighted by atomic mass is 15.1. The van der Waals surface area contributed by atoms with E-state index in [0.29, 0.717) is 5.82 Å². The standard InChI is InChI=1S/C7H8N4.C2H6/c1-4-2-6(8)10-7-5(4)3-9-11-7;1-2/h2-3H,1H3,(H3,8,9,10,11);1-2H3. The number of hydrogen-bond acceptors (Lipinski definition) is 3. The molecule has 0 saturated carbocycles. The average Bonchev–Trinajstić information content (AvgIpc) is 2.55. The van der Waals surface area contributed by atoms with Crippen molar-refractivity contribution >= 4 is 16.9 Å². The number of rotatable bonds is 0. The Morgan fingerprint density at radius 2 is 2.08 bits per heavy atom. The fraction of sp³-hybridized carbons (Fsp3) is 0.333. The molecule has 2 rings (SSSR count). The molecule has 0 aliphatic carbocycles. The lowest BCUT2D eigenvalue weighted by molar-refractivity contribution is 1.10. The van der Waals surface area contributed by atoms with Crippen LogP contribution in [-0.4, -0.2) is 15.2 Å². The number of nitrogens with two attached hydrogens (primary N) is 1. The Balaban J connectivity index is 0.000000396. The van der Waals surface area contributed by atoms with Gasteiger partial charge in [-0.15, -0.1) is 0 Å². The second-order valence-electron chi connectivity index (χ2n) is 2.50. The molecule has 2 aromatic heterocycles. The second kappa shape index (κ2) is 3.89. The summed E-state index contributed by atoms with van der Waals surface area (Å²) in [6.07, 6.45) is 1.75. The molecule has 70 valence electrons. The van der Waals surface area contributed by atoms with E-state index in [1.165, 1.54) is 0 Å². The Morgan fingerprint density at radius 3 is 2.77 bits per heavy atom. The quantitative estimate of drug-likeness (QED) is 0.647. The van der Waals surface area contributed by atoms with Gasteiger partial charge in [0.05, 0.1) is 6.20 Å². The Kier molecular flexibility index (Phi) is 2.84. The number of anilines is 1. The normalized spacial score (nSPS) is 9.46. The van der Waals surface area contributed by atoms with Crippen LogP contribution in [0.3, 0.4) is 0 Å². The molecule has 0 unspecified atom stereocenters. The van der Waals surface area contributed by atoms with Gasteiger partial charge in [0.15, 0.2) is 5.65 Å². The van der Waals surface area contributed by atoms with E-state index in [9.17, 15) is 0 Å². The number of nitrogen functional groups attached to an aromatic ring is 1. The van der Waals surface area contributed by atoms with Crippen LogP contribution in [-0.2, 0) is 0 Å². The molecule has 0 aromatic carbocycles. The number of H-pyrrole nitrogens is 1. The first-order valence-corrected chi connectivity index (χ1v) is 4.33. The van der Waals surface area contributed by atoms with Crippen LogP contribution >= 0.6 is 0 Å². The van der Waals surface area contributed by atoms with Crippen molar-refractivity contribution in [2.45, 2.75) is 20.8 Å². The summed E-state index contributed by atoms with van der Waals surface area (Å²) in [5.41, 5.74) is 7.38. The molecular formula is C9H14N4. The monoisotopic (exact) mass is 178 g/mol. The topological polar surface area (TPSA) is 67.6 Å². The van der Waals surface area contributed by atoms with Crippen molar-refractivity contribution < 1.29 is 0 Å². The molecule has 0 bridgehead atoms. The van der Waals surface area contributed by atoms with Gasteiger partial charge in [-0.1, -0.05) is 13.8 Å². The van der Waals surface area contributed by atoms with Crippen LogP contribution < -0.4 is 5.73 Å². The minimum absolute atomic E-state index is 0.527. The first kappa shape index (κ1) is 9.51. The van der Waals surface area contributed by atoms with Crippen molar-refractivity contribution in [1.29, 1.82) is 0 Å². The SMILES string of the molecule is CC.Cc1cc(N)nc2[nH]ncc12. The van der Waals surface area contributed by atoms with E-state index in [1.54, 1.807) is 6.20 Å². The minimum atomic E-state index is 0.527. The number of aromatic amines is 1. The molecule has 0 amide bonds. The molecular weight excluding hydrogens is 164 g/mol. The van der Waals surface area contributed by atoms with Gasteiger partial charge in [0, 0.05) is 5.39 Å². The molecule has 0 atom stereocenters. The van der Waals surface area contributed by atoms with Crippen molar-refractivity contribution in [2.75, 3.05) is 5.73 Å². The van der Waals surface area contributed by atoms with Gasteiger partial charge < -0.3 is 5.73 Å². The molecule has 0 radical (unpaired) electrons. The fourth-order valence-corrected chi connectivity index (χ4v) is 1.11. The van der Waals surface area contributed by atoms with Crippen molar-refractivity contribution in [2.24, 2.45) is 0 Å². The maximum absolute atomic E-state index is 5.52. The third-order valence-electron chi connectivity index (χ3n) is 1.65. The summed E-state index contributed by atoms with van der Waals surface area (Å²) < 4.78 is 0. The fourth-order valence-electron chi connectivity index (χ4n) is 1.11. The predicted octanol–water partition coefficient (Wildman–Crippen LogP) is 1.87. The summed E-state index contributed by atoms with van der Waals surface area (Å²) in [7, 11) is 0. The molecule has 4 heteroatoms. The van der Waals surface area contributed by atoms with Gasteiger partial charge in [-0.25, -0.2) is 4.98 Å². The van der Waals surface area contributed by atoms with Crippen LogP contribution in [0, 0.1) is 6.92 Å². The van der Waals surface area contributed by atoms with E-state index in [1.807, 2.05) is 26.8 Å². The summed E-state index contributed by atoms with van der Waals surface area (Å²) in [5.74, 6) is 0.527. The summed E-state index contributed by atoms with van der Waals surface area (Å²) in [5, 5.41) is 7.65. The number of aryl methyl sites for hydroxylation is 1. The smallest absolute Gasteiger partial charge is 0.157 e. The summed E-state index contributed by atoms with van der Waals surface area (Å²) in [4.78, 5) is 4.06. The predicted molar refractivity (Wildman–Crippen MR) is 54.4 cm³/mol. The molecule has 0 aliphatic heterocycles. The Bertz CT molecular complexity index is 391. The molecule has 0 aliphatic rings. The second-order valence-corrected chi connectivity index (χ2v) is 2.50. The van der Waals surface area contributed by atoms with Crippen LogP contribution in [0.25, 0.3) is 11.0 Å². The minimum Gasteiger partial charge on any atom is -0.384 e. The van der Waals surface area contributed by atoms with E-state index in [-0.39, 0.29) is 0 Å². The van der Waals surface area contributed by atoms with Gasteiger partial charge in [0.2, 0.25) is 0 Å².